The molecule has 0 aromatic rings. The van der Waals surface area contributed by atoms with Crippen LogP contribution >= 0.6 is 0 Å². The summed E-state index contributed by atoms with van der Waals surface area (Å²) in [6.07, 6.45) is 18.3. The number of hydrogen-bond acceptors (Lipinski definition) is 3. The lowest BCUT2D eigenvalue weighted by Gasteiger charge is -2.16. The number of aliphatic imine (C=N–C) groups is 1. The Balaban J connectivity index is 2.24. The van der Waals surface area contributed by atoms with E-state index in [1.54, 1.807) is 0 Å². The van der Waals surface area contributed by atoms with E-state index in [0.29, 0.717) is 38.8 Å². The maximum atomic E-state index is 11.9. The average Bonchev–Trinajstić information content (AvgIpc) is 2.61. The molecule has 0 unspecified atom stereocenters. The summed E-state index contributed by atoms with van der Waals surface area (Å²) >= 11 is 0. The van der Waals surface area contributed by atoms with Crippen LogP contribution in [-0.2, 0) is 9.59 Å². The summed E-state index contributed by atoms with van der Waals surface area (Å²) in [5.41, 5.74) is 1.03. The molecule has 0 fully saturated rings. The molecule has 1 aliphatic rings. The lowest BCUT2D eigenvalue weighted by Crippen LogP contribution is -2.34. The Morgan fingerprint density at radius 3 is 2.56 bits per heavy atom. The van der Waals surface area contributed by atoms with Crippen LogP contribution in [0.1, 0.15) is 46.0 Å². The fraction of sp³-hybridized carbons (Fsp3) is 0.429. The van der Waals surface area contributed by atoms with Crippen molar-refractivity contribution >= 4 is 24.1 Å². The van der Waals surface area contributed by atoms with Gasteiger partial charge in [0.1, 0.15) is 0 Å². The topological polar surface area (TPSA) is 78.8 Å². The number of allylic oxidation sites excluding steroid dienone is 6. The summed E-state index contributed by atoms with van der Waals surface area (Å²) in [5.74, 6) is -0.312. The third-order valence-corrected chi connectivity index (χ3v) is 3.84. The van der Waals surface area contributed by atoms with Crippen LogP contribution in [0.25, 0.3) is 0 Å². The highest BCUT2D eigenvalue weighted by Gasteiger charge is 2.15. The van der Waals surface area contributed by atoms with E-state index < -0.39 is 6.03 Å². The second-order valence-corrected chi connectivity index (χ2v) is 6.13. The minimum atomic E-state index is -0.522. The maximum absolute atomic E-state index is 11.9. The normalized spacial score (nSPS) is 18.7. The van der Waals surface area contributed by atoms with Gasteiger partial charge >= 0.3 is 6.03 Å². The number of carbonyl (C=O) groups excluding carboxylic acids is 3. The van der Waals surface area contributed by atoms with Gasteiger partial charge in [-0.1, -0.05) is 55.9 Å². The summed E-state index contributed by atoms with van der Waals surface area (Å²) < 4.78 is 0. The summed E-state index contributed by atoms with van der Waals surface area (Å²) in [4.78, 5) is 40.2. The highest BCUT2D eigenvalue weighted by atomic mass is 16.2. The van der Waals surface area contributed by atoms with Gasteiger partial charge < -0.3 is 5.32 Å². The number of hydrogen-bond donors (Lipinski definition) is 1. The number of amides is 4. The van der Waals surface area contributed by atoms with Crippen LogP contribution < -0.4 is 5.32 Å². The largest absolute Gasteiger partial charge is 0.352 e. The number of carbonyl (C=O) groups is 3. The van der Waals surface area contributed by atoms with Gasteiger partial charge in [0.15, 0.2) is 0 Å². The Labute approximate surface area is 161 Å². The highest BCUT2D eigenvalue weighted by molar-refractivity contribution is 5.96. The van der Waals surface area contributed by atoms with Crippen molar-refractivity contribution in [1.82, 2.24) is 10.2 Å². The second-order valence-electron chi connectivity index (χ2n) is 6.13. The van der Waals surface area contributed by atoms with Crippen LogP contribution in [0.5, 0.6) is 0 Å². The molecule has 1 rings (SSSR count). The SMILES string of the molecule is CC/C=N/C(=O)N(CCCCCC(=O)NCC1=C/C=C\C=C/C=C\1)C(C)=O. The molecular formula is C21H29N3O3. The van der Waals surface area contributed by atoms with E-state index in [1.807, 2.05) is 49.5 Å². The maximum Gasteiger partial charge on any atom is 0.349 e. The van der Waals surface area contributed by atoms with Gasteiger partial charge in [0.2, 0.25) is 11.8 Å². The lowest BCUT2D eigenvalue weighted by molar-refractivity contribution is -0.126. The molecule has 4 amide bonds. The van der Waals surface area contributed by atoms with E-state index in [-0.39, 0.29) is 11.8 Å². The van der Waals surface area contributed by atoms with Crippen molar-refractivity contribution in [3.63, 3.8) is 0 Å². The van der Waals surface area contributed by atoms with E-state index in [2.05, 4.69) is 10.3 Å². The highest BCUT2D eigenvalue weighted by Crippen LogP contribution is 2.05. The van der Waals surface area contributed by atoms with Gasteiger partial charge in [-0.3, -0.25) is 14.5 Å². The van der Waals surface area contributed by atoms with Gasteiger partial charge in [-0.15, -0.1) is 0 Å². The van der Waals surface area contributed by atoms with Crippen molar-refractivity contribution in [1.29, 1.82) is 0 Å². The first-order valence-electron chi connectivity index (χ1n) is 9.36. The monoisotopic (exact) mass is 371 g/mol. The molecule has 1 aliphatic carbocycles. The quantitative estimate of drug-likeness (QED) is 0.495. The number of nitrogens with zero attached hydrogens (tertiary/aromatic N) is 2. The standard InChI is InChI=1S/C21H29N3O3/c1-3-15-22-21(27)24(18(2)25)16-11-7-10-14-20(26)23-17-19-12-8-5-4-6-9-13-19/h4-6,8-9,12-13,15H,3,7,10-11,14,16-17H2,1-2H3,(H,23,26)/b5-4-,6-4?,8-5?,9-6-,12-8-,13-9?,19-12?,19-13+,22-15+. The third-order valence-electron chi connectivity index (χ3n) is 3.84. The number of imide groups is 1. The molecule has 1 N–H and O–H groups in total. The fourth-order valence-corrected chi connectivity index (χ4v) is 2.37. The number of rotatable bonds is 9. The van der Waals surface area contributed by atoms with E-state index in [1.165, 1.54) is 13.1 Å². The molecule has 6 heteroatoms. The number of unbranched alkanes of at least 4 members (excludes halogenated alkanes) is 2. The molecule has 0 heterocycles. The van der Waals surface area contributed by atoms with E-state index in [9.17, 15) is 14.4 Å². The van der Waals surface area contributed by atoms with Crippen LogP contribution in [0.15, 0.2) is 53.1 Å². The van der Waals surface area contributed by atoms with Crippen LogP contribution in [0, 0.1) is 0 Å². The number of urea groups is 1. The summed E-state index contributed by atoms with van der Waals surface area (Å²) in [6.45, 7) is 4.05. The smallest absolute Gasteiger partial charge is 0.349 e. The summed E-state index contributed by atoms with van der Waals surface area (Å²) in [6, 6.07) is -0.522. The van der Waals surface area contributed by atoms with Crippen molar-refractivity contribution in [2.45, 2.75) is 46.0 Å². The van der Waals surface area contributed by atoms with Crippen molar-refractivity contribution in [3.8, 4) is 0 Å². The van der Waals surface area contributed by atoms with Crippen molar-refractivity contribution in [3.05, 3.63) is 48.1 Å². The Kier molecular flexibility index (Phi) is 11.1. The minimum absolute atomic E-state index is 0.00192. The molecule has 0 bridgehead atoms. The lowest BCUT2D eigenvalue weighted by atomic mass is 10.1. The van der Waals surface area contributed by atoms with Crippen molar-refractivity contribution in [2.75, 3.05) is 13.1 Å². The Morgan fingerprint density at radius 1 is 1.07 bits per heavy atom. The molecule has 0 spiro atoms. The average molecular weight is 371 g/mol. The van der Waals surface area contributed by atoms with Gasteiger partial charge in [0.25, 0.3) is 0 Å². The second kappa shape index (κ2) is 13.4. The predicted molar refractivity (Wildman–Crippen MR) is 109 cm³/mol. The molecule has 0 atom stereocenters. The zero-order chi connectivity index (χ0) is 19.9. The van der Waals surface area contributed by atoms with E-state index in [0.717, 1.165) is 16.9 Å². The van der Waals surface area contributed by atoms with Crippen LogP contribution in [0.3, 0.4) is 0 Å². The van der Waals surface area contributed by atoms with Gasteiger partial charge in [-0.2, -0.15) is 0 Å². The first-order chi connectivity index (χ1) is 13.0. The van der Waals surface area contributed by atoms with E-state index in [4.69, 9.17) is 0 Å². The minimum Gasteiger partial charge on any atom is -0.352 e. The number of nitrogens with one attached hydrogen (secondary N) is 1. The molecule has 6 nitrogen and oxygen atoms in total. The molecule has 0 aromatic heterocycles. The molecule has 0 aliphatic heterocycles. The molecule has 0 saturated heterocycles. The van der Waals surface area contributed by atoms with Gasteiger partial charge in [0, 0.05) is 32.6 Å². The molecular weight excluding hydrogens is 342 g/mol. The van der Waals surface area contributed by atoms with Crippen LogP contribution in [0.4, 0.5) is 4.79 Å². The summed E-state index contributed by atoms with van der Waals surface area (Å²) in [5, 5.41) is 2.91. The summed E-state index contributed by atoms with van der Waals surface area (Å²) in [7, 11) is 0. The van der Waals surface area contributed by atoms with E-state index >= 15 is 0 Å². The zero-order valence-electron chi connectivity index (χ0n) is 16.2. The molecule has 0 saturated carbocycles. The molecule has 146 valence electrons. The molecule has 0 radical (unpaired) electrons. The van der Waals surface area contributed by atoms with Crippen molar-refractivity contribution in [2.24, 2.45) is 4.99 Å². The molecule has 0 aromatic carbocycles. The van der Waals surface area contributed by atoms with Crippen LogP contribution in [-0.4, -0.2) is 42.0 Å². The Morgan fingerprint density at radius 2 is 1.81 bits per heavy atom. The van der Waals surface area contributed by atoms with Gasteiger partial charge in [-0.25, -0.2) is 9.79 Å². The third kappa shape index (κ3) is 10.1. The first-order valence-corrected chi connectivity index (χ1v) is 9.36. The zero-order valence-corrected chi connectivity index (χ0v) is 16.2. The first kappa shape index (κ1) is 22.3. The molecule has 27 heavy (non-hydrogen) atoms. The van der Waals surface area contributed by atoms with Gasteiger partial charge in [-0.05, 0) is 24.8 Å². The fourth-order valence-electron chi connectivity index (χ4n) is 2.37. The Bertz CT molecular complexity index is 658. The van der Waals surface area contributed by atoms with Crippen LogP contribution in [0.2, 0.25) is 0 Å². The predicted octanol–water partition coefficient (Wildman–Crippen LogP) is 3.72. The van der Waals surface area contributed by atoms with Crippen molar-refractivity contribution < 1.29 is 14.4 Å². The van der Waals surface area contributed by atoms with Gasteiger partial charge in [0.05, 0.1) is 0 Å². The Hall–Kier alpha value is -2.76.